The molecule has 6 nitrogen and oxygen atoms in total. The number of hydrogen-bond donors (Lipinski definition) is 1. The van der Waals surface area contributed by atoms with Crippen LogP contribution in [0.4, 0.5) is 11.5 Å². The van der Waals surface area contributed by atoms with Crippen LogP contribution in [0.15, 0.2) is 41.0 Å². The van der Waals surface area contributed by atoms with Crippen molar-refractivity contribution < 1.29 is 14.3 Å². The summed E-state index contributed by atoms with van der Waals surface area (Å²) in [4.78, 5) is 19.5. The lowest BCUT2D eigenvalue weighted by molar-refractivity contribution is -0.00545. The largest absolute Gasteiger partial charge is 0.490 e. The summed E-state index contributed by atoms with van der Waals surface area (Å²) in [7, 11) is 0. The molecule has 28 heavy (non-hydrogen) atoms. The minimum atomic E-state index is -0.230. The Balaban J connectivity index is 1.71. The molecule has 7 heteroatoms. The van der Waals surface area contributed by atoms with E-state index < -0.39 is 0 Å². The maximum Gasteiger partial charge on any atom is 0.259 e. The third kappa shape index (κ3) is 5.23. The molecule has 1 aliphatic rings. The van der Waals surface area contributed by atoms with E-state index >= 15 is 0 Å². The Bertz CT molecular complexity index is 816. The average Bonchev–Trinajstić information content (AvgIpc) is 2.61. The number of nitrogens with zero attached hydrogens (tertiary/aromatic N) is 2. The van der Waals surface area contributed by atoms with Gasteiger partial charge in [0.2, 0.25) is 0 Å². The van der Waals surface area contributed by atoms with Crippen LogP contribution >= 0.6 is 15.9 Å². The van der Waals surface area contributed by atoms with Crippen molar-refractivity contribution in [2.75, 3.05) is 23.3 Å². The van der Waals surface area contributed by atoms with E-state index in [0.29, 0.717) is 17.0 Å². The number of halogens is 1. The van der Waals surface area contributed by atoms with Gasteiger partial charge in [-0.05, 0) is 58.0 Å². The van der Waals surface area contributed by atoms with Crippen molar-refractivity contribution in [2.45, 2.75) is 46.0 Å². The highest BCUT2D eigenvalue weighted by Gasteiger charge is 2.23. The summed E-state index contributed by atoms with van der Waals surface area (Å²) in [5.74, 6) is 1.20. The molecule has 1 fully saturated rings. The quantitative estimate of drug-likeness (QED) is 0.730. The van der Waals surface area contributed by atoms with Crippen molar-refractivity contribution in [2.24, 2.45) is 0 Å². The number of ether oxygens (including phenoxy) is 2. The molecule has 2 atom stereocenters. The van der Waals surface area contributed by atoms with Crippen LogP contribution in [0.25, 0.3) is 0 Å². The molecule has 0 saturated carbocycles. The molecular weight excluding hydrogens is 422 g/mol. The molecule has 150 valence electrons. The van der Waals surface area contributed by atoms with Gasteiger partial charge in [-0.1, -0.05) is 15.9 Å². The van der Waals surface area contributed by atoms with E-state index in [0.717, 1.165) is 23.4 Å². The molecule has 1 aromatic heterocycles. The molecule has 1 aromatic carbocycles. The van der Waals surface area contributed by atoms with Gasteiger partial charge < -0.3 is 19.7 Å². The zero-order valence-electron chi connectivity index (χ0n) is 16.6. The van der Waals surface area contributed by atoms with E-state index in [9.17, 15) is 4.79 Å². The normalized spacial score (nSPS) is 19.6. The van der Waals surface area contributed by atoms with Gasteiger partial charge in [-0.15, -0.1) is 0 Å². The highest BCUT2D eigenvalue weighted by molar-refractivity contribution is 9.10. The van der Waals surface area contributed by atoms with Crippen LogP contribution in [-0.2, 0) is 4.74 Å². The number of aromatic nitrogens is 1. The lowest BCUT2D eigenvalue weighted by atomic mass is 10.2. The molecule has 1 aliphatic heterocycles. The number of morpholine rings is 1. The maximum absolute atomic E-state index is 12.7. The van der Waals surface area contributed by atoms with E-state index in [4.69, 9.17) is 9.47 Å². The van der Waals surface area contributed by atoms with Gasteiger partial charge in [0.1, 0.15) is 11.6 Å². The van der Waals surface area contributed by atoms with Crippen LogP contribution in [0.1, 0.15) is 38.1 Å². The zero-order chi connectivity index (χ0) is 20.3. The second-order valence-electron chi connectivity index (χ2n) is 7.33. The molecule has 0 aliphatic carbocycles. The first-order valence-electron chi connectivity index (χ1n) is 9.46. The van der Waals surface area contributed by atoms with Gasteiger partial charge in [0.15, 0.2) is 0 Å². The zero-order valence-corrected chi connectivity index (χ0v) is 18.2. The Morgan fingerprint density at radius 1 is 1.25 bits per heavy atom. The fraction of sp³-hybridized carbons (Fsp3) is 0.429. The third-order valence-corrected chi connectivity index (χ3v) is 4.79. The summed E-state index contributed by atoms with van der Waals surface area (Å²) >= 11 is 3.42. The van der Waals surface area contributed by atoms with E-state index in [2.05, 4.69) is 45.0 Å². The molecule has 1 N–H and O–H groups in total. The van der Waals surface area contributed by atoms with Gasteiger partial charge in [0, 0.05) is 17.6 Å². The van der Waals surface area contributed by atoms with Crippen molar-refractivity contribution in [3.8, 4) is 5.75 Å². The molecule has 0 spiro atoms. The van der Waals surface area contributed by atoms with Crippen LogP contribution < -0.4 is 15.0 Å². The molecular formula is C21H26BrN3O3. The van der Waals surface area contributed by atoms with Gasteiger partial charge in [-0.25, -0.2) is 4.98 Å². The lowest BCUT2D eigenvalue weighted by Crippen LogP contribution is -2.45. The molecule has 2 unspecified atom stereocenters. The van der Waals surface area contributed by atoms with E-state index in [1.54, 1.807) is 18.3 Å². The number of hydrogen-bond acceptors (Lipinski definition) is 5. The fourth-order valence-corrected chi connectivity index (χ4v) is 3.59. The minimum Gasteiger partial charge on any atom is -0.490 e. The molecule has 2 aromatic rings. The predicted octanol–water partition coefficient (Wildman–Crippen LogP) is 4.50. The van der Waals surface area contributed by atoms with Crippen molar-refractivity contribution >= 4 is 33.3 Å². The topological polar surface area (TPSA) is 63.7 Å². The smallest absolute Gasteiger partial charge is 0.259 e. The maximum atomic E-state index is 12.7. The van der Waals surface area contributed by atoms with Crippen LogP contribution in [0.5, 0.6) is 5.75 Å². The molecule has 0 bridgehead atoms. The molecule has 1 saturated heterocycles. The van der Waals surface area contributed by atoms with Gasteiger partial charge in [0.25, 0.3) is 5.91 Å². The summed E-state index contributed by atoms with van der Waals surface area (Å²) in [6, 6.07) is 9.16. The summed E-state index contributed by atoms with van der Waals surface area (Å²) in [5.41, 5.74) is 1.12. The molecule has 2 heterocycles. The number of pyridine rings is 1. The average molecular weight is 448 g/mol. The van der Waals surface area contributed by atoms with Crippen molar-refractivity contribution in [3.05, 3.63) is 46.6 Å². The summed E-state index contributed by atoms with van der Waals surface area (Å²) < 4.78 is 12.4. The number of anilines is 2. The Kier molecular flexibility index (Phi) is 6.57. The third-order valence-electron chi connectivity index (χ3n) is 4.30. The first-order valence-corrected chi connectivity index (χ1v) is 10.2. The Morgan fingerprint density at radius 3 is 2.57 bits per heavy atom. The molecule has 3 rings (SSSR count). The fourth-order valence-electron chi connectivity index (χ4n) is 3.25. The van der Waals surface area contributed by atoms with Crippen LogP contribution in [0.3, 0.4) is 0 Å². The number of amides is 1. The number of nitrogens with one attached hydrogen (secondary N) is 1. The second kappa shape index (κ2) is 8.92. The standard InChI is InChI=1S/C21H26BrN3O3/c1-13(2)27-19-9-16(22)5-7-18(19)21(26)24-17-6-8-20(23-10-17)25-11-14(3)28-15(4)12-25/h5-10,13-15H,11-12H2,1-4H3,(H,24,26). The number of rotatable bonds is 5. The number of carbonyl (C=O) groups is 1. The Morgan fingerprint density at radius 2 is 1.96 bits per heavy atom. The van der Waals surface area contributed by atoms with Crippen molar-refractivity contribution in [1.82, 2.24) is 4.98 Å². The van der Waals surface area contributed by atoms with Gasteiger partial charge in [-0.3, -0.25) is 4.79 Å². The van der Waals surface area contributed by atoms with Gasteiger partial charge in [0.05, 0.1) is 35.8 Å². The summed E-state index contributed by atoms with van der Waals surface area (Å²) in [5, 5.41) is 2.90. The second-order valence-corrected chi connectivity index (χ2v) is 8.24. The van der Waals surface area contributed by atoms with Gasteiger partial charge in [-0.2, -0.15) is 0 Å². The van der Waals surface area contributed by atoms with E-state index in [1.807, 2.05) is 32.0 Å². The van der Waals surface area contributed by atoms with Crippen LogP contribution in [0, 0.1) is 0 Å². The minimum absolute atomic E-state index is 0.0277. The first kappa shape index (κ1) is 20.6. The van der Waals surface area contributed by atoms with E-state index in [-0.39, 0.29) is 24.2 Å². The Labute approximate surface area is 174 Å². The SMILES string of the molecule is CC(C)Oc1cc(Br)ccc1C(=O)Nc1ccc(N2CC(C)OC(C)C2)nc1. The molecule has 0 radical (unpaired) electrons. The van der Waals surface area contributed by atoms with E-state index in [1.165, 1.54) is 0 Å². The summed E-state index contributed by atoms with van der Waals surface area (Å²) in [6.07, 6.45) is 1.99. The van der Waals surface area contributed by atoms with Crippen LogP contribution in [-0.4, -0.2) is 42.3 Å². The first-order chi connectivity index (χ1) is 13.3. The van der Waals surface area contributed by atoms with Crippen molar-refractivity contribution in [3.63, 3.8) is 0 Å². The lowest BCUT2D eigenvalue weighted by Gasteiger charge is -2.36. The number of carbonyl (C=O) groups excluding carboxylic acids is 1. The predicted molar refractivity (Wildman–Crippen MR) is 114 cm³/mol. The van der Waals surface area contributed by atoms with Gasteiger partial charge >= 0.3 is 0 Å². The van der Waals surface area contributed by atoms with Crippen LogP contribution in [0.2, 0.25) is 0 Å². The highest BCUT2D eigenvalue weighted by Crippen LogP contribution is 2.26. The monoisotopic (exact) mass is 447 g/mol. The summed E-state index contributed by atoms with van der Waals surface area (Å²) in [6.45, 7) is 9.59. The Hall–Kier alpha value is -2.12. The molecule has 1 amide bonds. The number of benzene rings is 1. The van der Waals surface area contributed by atoms with Crippen molar-refractivity contribution in [1.29, 1.82) is 0 Å². The highest BCUT2D eigenvalue weighted by atomic mass is 79.9.